The summed E-state index contributed by atoms with van der Waals surface area (Å²) in [5.74, 6) is 0. The molecule has 4 aromatic carbocycles. The van der Waals surface area contributed by atoms with Crippen LogP contribution in [0.5, 0.6) is 0 Å². The van der Waals surface area contributed by atoms with Crippen molar-refractivity contribution in [2.24, 2.45) is 0 Å². The zero-order valence-electron chi connectivity index (χ0n) is 22.6. The highest BCUT2D eigenvalue weighted by molar-refractivity contribution is 7.28. The normalized spacial score (nSPS) is 10.7. The molecule has 8 heteroatoms. The Labute approximate surface area is 233 Å². The van der Waals surface area contributed by atoms with Crippen LogP contribution in [0.1, 0.15) is 20.8 Å². The van der Waals surface area contributed by atoms with Gasteiger partial charge in [0, 0.05) is 66.8 Å². The second kappa shape index (κ2) is 12.6. The Morgan fingerprint density at radius 2 is 1.08 bits per heavy atom. The third-order valence-electron chi connectivity index (χ3n) is 6.69. The quantitative estimate of drug-likeness (QED) is 0.255. The van der Waals surface area contributed by atoms with Crippen molar-refractivity contribution in [2.45, 2.75) is 40.0 Å². The topological polar surface area (TPSA) is 9.86 Å². The second-order valence-corrected chi connectivity index (χ2v) is 9.03. The zero-order chi connectivity index (χ0) is 27.2. The van der Waals surface area contributed by atoms with Crippen molar-refractivity contribution >= 4 is 88.3 Å². The van der Waals surface area contributed by atoms with E-state index in [4.69, 9.17) is 31.1 Å². The van der Waals surface area contributed by atoms with Crippen molar-refractivity contribution in [2.75, 3.05) is 0 Å². The average Bonchev–Trinajstić information content (AvgIpc) is 3.45. The molecule has 0 fully saturated rings. The van der Waals surface area contributed by atoms with E-state index in [1.807, 2.05) is 20.8 Å². The first-order valence-electron chi connectivity index (χ1n) is 13.3. The first-order chi connectivity index (χ1) is 18.6. The van der Waals surface area contributed by atoms with Gasteiger partial charge in [-0.15, -0.1) is 0 Å². The van der Waals surface area contributed by atoms with Gasteiger partial charge in [0.15, 0.2) is 0 Å². The summed E-state index contributed by atoms with van der Waals surface area (Å²) < 4.78 is 4.39. The van der Waals surface area contributed by atoms with E-state index in [2.05, 4.69) is 94.1 Å². The average molecular weight is 482 g/mol. The lowest BCUT2D eigenvalue weighted by Crippen LogP contribution is -2.22. The number of fused-ring (bicyclic) bond motifs is 6. The standard InChI is InChI=1S/C26H18B4N2.C2H5B2.C2H6/c27-15-31-23-7-3-1-5-19(23)21-13-17(9-11-25(21)31)18-10-12-26-22(14-18)20-6-2-4-8-24(20)32(26)16-30(28)29;1-2-4-3;1-2/h1-14H,15-16H2;2H2,1H3;1-2H3. The number of para-hydroxylation sites is 2. The second-order valence-electron chi connectivity index (χ2n) is 9.03. The molecule has 0 spiro atoms. The van der Waals surface area contributed by atoms with Gasteiger partial charge in [-0.3, -0.25) is 0 Å². The molecule has 6 aromatic rings. The van der Waals surface area contributed by atoms with Gasteiger partial charge in [-0.25, -0.2) is 0 Å². The molecule has 177 valence electrons. The van der Waals surface area contributed by atoms with Crippen molar-refractivity contribution in [3.05, 3.63) is 84.9 Å². The van der Waals surface area contributed by atoms with E-state index in [0.29, 0.717) is 12.9 Å². The van der Waals surface area contributed by atoms with Crippen LogP contribution in [0.4, 0.5) is 0 Å². The van der Waals surface area contributed by atoms with E-state index >= 15 is 0 Å². The molecule has 6 rings (SSSR count). The number of nitrogens with zero attached hydrogens (tertiary/aromatic N) is 2. The van der Waals surface area contributed by atoms with Crippen LogP contribution in [0.2, 0.25) is 6.32 Å². The molecule has 0 aliphatic heterocycles. The molecular weight excluding hydrogens is 453 g/mol. The molecule has 0 aliphatic rings. The first kappa shape index (κ1) is 27.9. The smallest absolute Gasteiger partial charge is 0.0948 e. The lowest BCUT2D eigenvalue weighted by atomic mass is 9.19. The van der Waals surface area contributed by atoms with Crippen LogP contribution in [-0.4, -0.2) is 53.9 Å². The number of hydrogen-bond acceptors (Lipinski definition) is 0. The van der Waals surface area contributed by atoms with Gasteiger partial charge in [-0.2, -0.15) is 0 Å². The van der Waals surface area contributed by atoms with Crippen LogP contribution >= 0.6 is 0 Å². The number of benzene rings is 4. The monoisotopic (exact) mass is 483 g/mol. The first-order valence-corrected chi connectivity index (χ1v) is 13.3. The van der Waals surface area contributed by atoms with Crippen LogP contribution in [0.25, 0.3) is 54.7 Å². The summed E-state index contributed by atoms with van der Waals surface area (Å²) in [5.41, 5.74) is 7.00. The van der Waals surface area contributed by atoms with Gasteiger partial charge in [-0.1, -0.05) is 75.6 Å². The molecule has 0 N–H and O–H groups in total. The zero-order valence-corrected chi connectivity index (χ0v) is 22.6. The summed E-state index contributed by atoms with van der Waals surface area (Å²) >= 11 is 0. The van der Waals surface area contributed by atoms with Crippen LogP contribution in [0, 0.1) is 0 Å². The van der Waals surface area contributed by atoms with Crippen LogP contribution in [0.15, 0.2) is 84.9 Å². The van der Waals surface area contributed by atoms with Crippen LogP contribution in [-0.2, 0) is 12.9 Å². The fraction of sp³-hybridized carbons (Fsp3) is 0.200. The highest BCUT2D eigenvalue weighted by Gasteiger charge is 2.14. The molecule has 0 bridgehead atoms. The summed E-state index contributed by atoms with van der Waals surface area (Å²) in [5, 5.41) is 4.87. The molecule has 0 saturated carbocycles. The fourth-order valence-corrected chi connectivity index (χ4v) is 5.07. The van der Waals surface area contributed by atoms with Crippen molar-refractivity contribution in [3.8, 4) is 11.1 Å². The number of rotatable bonds is 5. The summed E-state index contributed by atoms with van der Waals surface area (Å²) in [6.07, 6.45) is 2.01. The summed E-state index contributed by atoms with van der Waals surface area (Å²) in [4.78, 5) is 0. The Kier molecular flexibility index (Phi) is 9.26. The van der Waals surface area contributed by atoms with Crippen molar-refractivity contribution < 1.29 is 0 Å². The van der Waals surface area contributed by atoms with Gasteiger partial charge < -0.3 is 9.13 Å². The Morgan fingerprint density at radius 1 is 0.658 bits per heavy atom. The van der Waals surface area contributed by atoms with Crippen LogP contribution < -0.4 is 0 Å². The summed E-state index contributed by atoms with van der Waals surface area (Å²) in [6.45, 7) is 5.59. The Balaban J connectivity index is 0.000000515. The molecule has 0 aliphatic carbocycles. The van der Waals surface area contributed by atoms with Crippen molar-refractivity contribution in [3.63, 3.8) is 0 Å². The maximum Gasteiger partial charge on any atom is 0.0948 e. The predicted octanol–water partition coefficient (Wildman–Crippen LogP) is 6.30. The number of aromatic nitrogens is 2. The van der Waals surface area contributed by atoms with Crippen LogP contribution in [0.3, 0.4) is 0 Å². The third-order valence-corrected chi connectivity index (χ3v) is 6.69. The molecular formula is C30H29B6N2. The minimum Gasteiger partial charge on any atom is -0.350 e. The van der Waals surface area contributed by atoms with Crippen molar-refractivity contribution in [1.29, 1.82) is 0 Å². The molecule has 2 nitrogen and oxygen atoms in total. The summed E-state index contributed by atoms with van der Waals surface area (Å²) in [7, 11) is 24.5. The van der Waals surface area contributed by atoms with Gasteiger partial charge in [0.25, 0.3) is 0 Å². The molecule has 38 heavy (non-hydrogen) atoms. The molecule has 0 amide bonds. The SMILES string of the molecule is CC.[B]Cn1c2ccccc2c2cc(-c3ccc4c(c3)c3ccccc3n4CB([B])[B])ccc21.[B][B]CC. The molecule has 0 atom stereocenters. The number of hydrogen-bond donors (Lipinski definition) is 0. The highest BCUT2D eigenvalue weighted by Crippen LogP contribution is 2.35. The molecule has 0 unspecified atom stereocenters. The molecule has 9 radical (unpaired) electrons. The Hall–Kier alpha value is -3.13. The van der Waals surface area contributed by atoms with E-state index in [9.17, 15) is 0 Å². The lowest BCUT2D eigenvalue weighted by Gasteiger charge is -2.10. The minimum absolute atomic E-state index is 0.407. The largest absolute Gasteiger partial charge is 0.350 e. The van der Waals surface area contributed by atoms with Gasteiger partial charge in [-0.05, 0) is 60.4 Å². The molecule has 2 aromatic heterocycles. The summed E-state index contributed by atoms with van der Waals surface area (Å²) in [6, 6.07) is 30.2. The highest BCUT2D eigenvalue weighted by atomic mass is 15.0. The Morgan fingerprint density at radius 3 is 1.53 bits per heavy atom. The van der Waals surface area contributed by atoms with Gasteiger partial charge in [0.2, 0.25) is 0 Å². The third kappa shape index (κ3) is 5.23. The Bertz CT molecular complexity index is 1670. The van der Waals surface area contributed by atoms with E-state index in [1.165, 1.54) is 38.2 Å². The minimum atomic E-state index is -0.407. The van der Waals surface area contributed by atoms with Crippen molar-refractivity contribution in [1.82, 2.24) is 9.13 Å². The van der Waals surface area contributed by atoms with E-state index in [0.717, 1.165) is 22.9 Å². The van der Waals surface area contributed by atoms with E-state index in [-0.39, 0.29) is 0 Å². The lowest BCUT2D eigenvalue weighted by molar-refractivity contribution is 0.966. The predicted molar refractivity (Wildman–Crippen MR) is 174 cm³/mol. The maximum atomic E-state index is 6.07. The fourth-order valence-electron chi connectivity index (χ4n) is 5.07. The molecule has 2 heterocycles. The van der Waals surface area contributed by atoms with E-state index < -0.39 is 6.49 Å². The molecule has 0 saturated heterocycles. The maximum absolute atomic E-state index is 6.07. The van der Waals surface area contributed by atoms with Gasteiger partial charge >= 0.3 is 0 Å². The van der Waals surface area contributed by atoms with Gasteiger partial charge in [0.05, 0.1) is 21.5 Å². The van der Waals surface area contributed by atoms with E-state index in [1.54, 1.807) is 7.17 Å². The van der Waals surface area contributed by atoms with Gasteiger partial charge in [0.1, 0.15) is 0 Å².